The number of piperidine rings is 1. The van der Waals surface area contributed by atoms with Crippen molar-refractivity contribution >= 4 is 15.9 Å². The highest BCUT2D eigenvalue weighted by Gasteiger charge is 2.39. The van der Waals surface area contributed by atoms with Gasteiger partial charge in [-0.15, -0.1) is 0 Å². The summed E-state index contributed by atoms with van der Waals surface area (Å²) in [7, 11) is -3.26. The van der Waals surface area contributed by atoms with Crippen LogP contribution in [-0.2, 0) is 10.0 Å². The number of benzene rings is 1. The SMILES string of the molecule is CC(C)(O)C#Cc1cccc(C(=O)N2C[C@H]3CC[C@@H]2CN(S(C)(=O)=O)C3)c1. The van der Waals surface area contributed by atoms with E-state index >= 15 is 0 Å². The lowest BCUT2D eigenvalue weighted by atomic mass is 9.94. The normalized spacial score (nSPS) is 23.5. The summed E-state index contributed by atoms with van der Waals surface area (Å²) in [5, 5.41) is 9.75. The molecule has 0 saturated carbocycles. The lowest BCUT2D eigenvalue weighted by molar-refractivity contribution is 0.0588. The zero-order valence-corrected chi connectivity index (χ0v) is 16.8. The van der Waals surface area contributed by atoms with Gasteiger partial charge in [0.15, 0.2) is 0 Å². The maximum absolute atomic E-state index is 13.1. The molecule has 1 aromatic rings. The summed E-state index contributed by atoms with van der Waals surface area (Å²) in [6.07, 6.45) is 2.99. The Morgan fingerprint density at radius 3 is 2.63 bits per heavy atom. The lowest BCUT2D eigenvalue weighted by Crippen LogP contribution is -2.47. The Hall–Kier alpha value is -1.88. The first kappa shape index (κ1) is 19.9. The fraction of sp³-hybridized carbons (Fsp3) is 0.550. The van der Waals surface area contributed by atoms with E-state index < -0.39 is 15.6 Å². The number of hydrogen-bond donors (Lipinski definition) is 1. The third-order valence-corrected chi connectivity index (χ3v) is 6.27. The van der Waals surface area contributed by atoms with Gasteiger partial charge in [-0.05, 0) is 50.8 Å². The molecule has 146 valence electrons. The number of carbonyl (C=O) groups excluding carboxylic acids is 1. The van der Waals surface area contributed by atoms with Gasteiger partial charge in [0, 0.05) is 36.8 Å². The molecule has 6 nitrogen and oxygen atoms in total. The molecule has 3 heterocycles. The number of nitrogens with zero attached hydrogens (tertiary/aromatic N) is 2. The van der Waals surface area contributed by atoms with Crippen LogP contribution in [0.3, 0.4) is 0 Å². The Kier molecular flexibility index (Phi) is 5.35. The zero-order chi connectivity index (χ0) is 19.8. The number of aliphatic hydroxyl groups is 1. The van der Waals surface area contributed by atoms with Crippen molar-refractivity contribution in [1.82, 2.24) is 9.21 Å². The van der Waals surface area contributed by atoms with E-state index in [0.717, 1.165) is 12.8 Å². The smallest absolute Gasteiger partial charge is 0.254 e. The van der Waals surface area contributed by atoms with Gasteiger partial charge < -0.3 is 10.0 Å². The Labute approximate surface area is 161 Å². The molecule has 1 N–H and O–H groups in total. The van der Waals surface area contributed by atoms with E-state index in [1.54, 1.807) is 38.1 Å². The molecule has 2 bridgehead atoms. The van der Waals surface area contributed by atoms with Crippen LogP contribution in [0.4, 0.5) is 0 Å². The van der Waals surface area contributed by atoms with Crippen LogP contribution in [0.15, 0.2) is 24.3 Å². The van der Waals surface area contributed by atoms with E-state index in [0.29, 0.717) is 30.8 Å². The topological polar surface area (TPSA) is 77.9 Å². The molecule has 1 aromatic carbocycles. The van der Waals surface area contributed by atoms with Gasteiger partial charge in [-0.1, -0.05) is 17.9 Å². The molecule has 3 saturated heterocycles. The predicted octanol–water partition coefficient (Wildman–Crippen LogP) is 1.31. The van der Waals surface area contributed by atoms with Gasteiger partial charge in [0.25, 0.3) is 5.91 Å². The number of hydrogen-bond acceptors (Lipinski definition) is 4. The number of amides is 1. The van der Waals surface area contributed by atoms with Gasteiger partial charge in [0.1, 0.15) is 5.60 Å². The Balaban J connectivity index is 1.83. The van der Waals surface area contributed by atoms with Gasteiger partial charge in [0.05, 0.1) is 6.26 Å². The predicted molar refractivity (Wildman–Crippen MR) is 104 cm³/mol. The quantitative estimate of drug-likeness (QED) is 0.773. The van der Waals surface area contributed by atoms with E-state index in [-0.39, 0.29) is 17.9 Å². The second-order valence-electron chi connectivity index (χ2n) is 8.02. The van der Waals surface area contributed by atoms with Crippen molar-refractivity contribution in [2.24, 2.45) is 5.92 Å². The summed E-state index contributed by atoms with van der Waals surface area (Å²) in [5.41, 5.74) is 0.107. The molecule has 0 aliphatic carbocycles. The van der Waals surface area contributed by atoms with Crippen molar-refractivity contribution in [3.05, 3.63) is 35.4 Å². The molecule has 0 spiro atoms. The summed E-state index contributed by atoms with van der Waals surface area (Å²) < 4.78 is 25.5. The summed E-state index contributed by atoms with van der Waals surface area (Å²) in [4.78, 5) is 14.9. The van der Waals surface area contributed by atoms with Crippen molar-refractivity contribution in [2.45, 2.75) is 38.3 Å². The molecule has 0 aromatic heterocycles. The van der Waals surface area contributed by atoms with Crippen molar-refractivity contribution in [2.75, 3.05) is 25.9 Å². The first-order valence-electron chi connectivity index (χ1n) is 9.14. The first-order valence-corrected chi connectivity index (χ1v) is 11.0. The Morgan fingerprint density at radius 2 is 1.96 bits per heavy atom. The minimum absolute atomic E-state index is 0.0908. The minimum Gasteiger partial charge on any atom is -0.378 e. The molecule has 3 fully saturated rings. The molecular weight excluding hydrogens is 364 g/mol. The van der Waals surface area contributed by atoms with E-state index in [1.165, 1.54) is 10.6 Å². The molecule has 0 radical (unpaired) electrons. The standard InChI is InChI=1S/C20H26N2O4S/c1-20(2,24)10-9-15-5-4-6-17(11-15)19(23)22-13-16-7-8-18(22)14-21(12-16)27(3,25)26/h4-6,11,16,18,24H,7-8,12-14H2,1-3H3/t16-,18+/m0/s1. The fourth-order valence-corrected chi connectivity index (χ4v) is 4.60. The number of fused-ring (bicyclic) bond motifs is 4. The number of carbonyl (C=O) groups is 1. The van der Waals surface area contributed by atoms with E-state index in [2.05, 4.69) is 11.8 Å². The van der Waals surface area contributed by atoms with Crippen molar-refractivity contribution in [3.8, 4) is 11.8 Å². The van der Waals surface area contributed by atoms with Crippen molar-refractivity contribution in [3.63, 3.8) is 0 Å². The van der Waals surface area contributed by atoms with Gasteiger partial charge in [0.2, 0.25) is 10.0 Å². The molecular formula is C20H26N2O4S. The van der Waals surface area contributed by atoms with E-state index in [1.807, 2.05) is 4.90 Å². The van der Waals surface area contributed by atoms with Crippen LogP contribution in [-0.4, -0.2) is 66.2 Å². The van der Waals surface area contributed by atoms with Crippen LogP contribution < -0.4 is 0 Å². The molecule has 2 atom stereocenters. The maximum Gasteiger partial charge on any atom is 0.254 e. The third-order valence-electron chi connectivity index (χ3n) is 5.03. The molecule has 3 aliphatic heterocycles. The maximum atomic E-state index is 13.1. The minimum atomic E-state index is -3.26. The van der Waals surface area contributed by atoms with Gasteiger partial charge in [-0.2, -0.15) is 4.31 Å². The number of sulfonamides is 1. The summed E-state index contributed by atoms with van der Waals surface area (Å²) in [6.45, 7) is 4.64. The first-order chi connectivity index (χ1) is 12.5. The molecule has 0 unspecified atom stereocenters. The molecule has 27 heavy (non-hydrogen) atoms. The lowest BCUT2D eigenvalue weighted by Gasteiger charge is -2.36. The molecule has 7 heteroatoms. The monoisotopic (exact) mass is 390 g/mol. The summed E-state index contributed by atoms with van der Waals surface area (Å²) in [5.74, 6) is 5.72. The van der Waals surface area contributed by atoms with Crippen LogP contribution in [0, 0.1) is 17.8 Å². The average molecular weight is 391 g/mol. The van der Waals surface area contributed by atoms with Gasteiger partial charge >= 0.3 is 0 Å². The second kappa shape index (κ2) is 7.27. The fourth-order valence-electron chi connectivity index (χ4n) is 3.68. The molecule has 4 rings (SSSR count). The average Bonchev–Trinajstić information content (AvgIpc) is 2.91. The highest BCUT2D eigenvalue weighted by molar-refractivity contribution is 7.88. The Morgan fingerprint density at radius 1 is 1.22 bits per heavy atom. The van der Waals surface area contributed by atoms with Crippen molar-refractivity contribution in [1.29, 1.82) is 0 Å². The zero-order valence-electron chi connectivity index (χ0n) is 16.0. The Bertz CT molecular complexity index is 893. The van der Waals surface area contributed by atoms with E-state index in [4.69, 9.17) is 0 Å². The van der Waals surface area contributed by atoms with Crippen LogP contribution in [0.25, 0.3) is 0 Å². The van der Waals surface area contributed by atoms with Crippen LogP contribution in [0.5, 0.6) is 0 Å². The van der Waals surface area contributed by atoms with E-state index in [9.17, 15) is 18.3 Å². The second-order valence-corrected chi connectivity index (χ2v) is 10.0. The molecule has 1 amide bonds. The number of rotatable bonds is 2. The van der Waals surface area contributed by atoms with Crippen LogP contribution in [0.2, 0.25) is 0 Å². The van der Waals surface area contributed by atoms with Crippen molar-refractivity contribution < 1.29 is 18.3 Å². The highest BCUT2D eigenvalue weighted by atomic mass is 32.2. The van der Waals surface area contributed by atoms with Crippen LogP contribution >= 0.6 is 0 Å². The third kappa shape index (κ3) is 4.89. The summed E-state index contributed by atoms with van der Waals surface area (Å²) in [6, 6.07) is 6.96. The largest absolute Gasteiger partial charge is 0.378 e. The van der Waals surface area contributed by atoms with Gasteiger partial charge in [-0.3, -0.25) is 4.79 Å². The molecule has 3 aliphatic rings. The highest BCUT2D eigenvalue weighted by Crippen LogP contribution is 2.30. The summed E-state index contributed by atoms with van der Waals surface area (Å²) >= 11 is 0. The van der Waals surface area contributed by atoms with Crippen LogP contribution in [0.1, 0.15) is 42.6 Å². The van der Waals surface area contributed by atoms with Gasteiger partial charge in [-0.25, -0.2) is 8.42 Å².